The Morgan fingerprint density at radius 1 is 1.00 bits per heavy atom. The van der Waals surface area contributed by atoms with Crippen LogP contribution in [-0.4, -0.2) is 28.0 Å². The van der Waals surface area contributed by atoms with Crippen LogP contribution in [0.5, 0.6) is 0 Å². The highest BCUT2D eigenvalue weighted by atomic mass is 15.3. The Bertz CT molecular complexity index is 608. The second-order valence-electron chi connectivity index (χ2n) is 4.54. The standard InChI is InChI=1S/C14H13N5/c15-6-11-5-12(8-16-7-11)13-9-17-14(18-10-13)19-3-1-2-4-19/h5,7-10H,1-4H2. The van der Waals surface area contributed by atoms with E-state index in [4.69, 9.17) is 5.26 Å². The van der Waals surface area contributed by atoms with E-state index in [2.05, 4.69) is 25.9 Å². The highest BCUT2D eigenvalue weighted by Crippen LogP contribution is 2.20. The molecule has 19 heavy (non-hydrogen) atoms. The lowest BCUT2D eigenvalue weighted by Gasteiger charge is -2.14. The average molecular weight is 251 g/mol. The zero-order chi connectivity index (χ0) is 13.1. The smallest absolute Gasteiger partial charge is 0.225 e. The third kappa shape index (κ3) is 2.38. The number of nitriles is 1. The van der Waals surface area contributed by atoms with Crippen molar-refractivity contribution in [2.75, 3.05) is 18.0 Å². The normalized spacial score (nSPS) is 14.4. The third-order valence-corrected chi connectivity index (χ3v) is 3.23. The number of rotatable bonds is 2. The second-order valence-corrected chi connectivity index (χ2v) is 4.54. The fourth-order valence-electron chi connectivity index (χ4n) is 2.21. The molecule has 0 spiro atoms. The van der Waals surface area contributed by atoms with Crippen LogP contribution < -0.4 is 4.90 Å². The topological polar surface area (TPSA) is 65.7 Å². The molecule has 0 aliphatic carbocycles. The molecule has 0 N–H and O–H groups in total. The van der Waals surface area contributed by atoms with Crippen LogP contribution in [0.2, 0.25) is 0 Å². The Balaban J connectivity index is 1.87. The van der Waals surface area contributed by atoms with E-state index in [0.717, 1.165) is 30.2 Å². The summed E-state index contributed by atoms with van der Waals surface area (Å²) >= 11 is 0. The van der Waals surface area contributed by atoms with E-state index in [0.29, 0.717) is 5.56 Å². The summed E-state index contributed by atoms with van der Waals surface area (Å²) in [5.74, 6) is 0.783. The largest absolute Gasteiger partial charge is 0.341 e. The van der Waals surface area contributed by atoms with Gasteiger partial charge in [-0.2, -0.15) is 5.26 Å². The van der Waals surface area contributed by atoms with E-state index < -0.39 is 0 Å². The molecule has 0 atom stereocenters. The Labute approximate surface area is 111 Å². The van der Waals surface area contributed by atoms with Crippen LogP contribution in [0.1, 0.15) is 18.4 Å². The molecule has 3 rings (SSSR count). The van der Waals surface area contributed by atoms with Gasteiger partial charge in [0, 0.05) is 49.0 Å². The molecule has 1 aliphatic heterocycles. The summed E-state index contributed by atoms with van der Waals surface area (Å²) in [6, 6.07) is 3.87. The van der Waals surface area contributed by atoms with Gasteiger partial charge in [0.1, 0.15) is 6.07 Å². The van der Waals surface area contributed by atoms with E-state index in [1.165, 1.54) is 12.8 Å². The van der Waals surface area contributed by atoms with E-state index in [1.54, 1.807) is 30.9 Å². The van der Waals surface area contributed by atoms with E-state index in [-0.39, 0.29) is 0 Å². The molecule has 1 aliphatic rings. The molecule has 0 amide bonds. The molecule has 2 aromatic heterocycles. The molecule has 5 nitrogen and oxygen atoms in total. The van der Waals surface area contributed by atoms with Crippen molar-refractivity contribution in [1.82, 2.24) is 15.0 Å². The van der Waals surface area contributed by atoms with Gasteiger partial charge in [0.15, 0.2) is 0 Å². The van der Waals surface area contributed by atoms with Gasteiger partial charge in [-0.3, -0.25) is 4.98 Å². The van der Waals surface area contributed by atoms with Gasteiger partial charge >= 0.3 is 0 Å². The lowest BCUT2D eigenvalue weighted by atomic mass is 10.1. The molecule has 2 aromatic rings. The van der Waals surface area contributed by atoms with Gasteiger partial charge in [-0.15, -0.1) is 0 Å². The van der Waals surface area contributed by atoms with E-state index >= 15 is 0 Å². The lowest BCUT2D eigenvalue weighted by molar-refractivity contribution is 0.899. The molecule has 0 bridgehead atoms. The highest BCUT2D eigenvalue weighted by molar-refractivity contribution is 5.62. The first-order valence-electron chi connectivity index (χ1n) is 6.29. The molecule has 1 fully saturated rings. The van der Waals surface area contributed by atoms with Gasteiger partial charge in [-0.25, -0.2) is 9.97 Å². The SMILES string of the molecule is N#Cc1cncc(-c2cnc(N3CCCC3)nc2)c1. The van der Waals surface area contributed by atoms with Crippen LogP contribution in [0.3, 0.4) is 0 Å². The van der Waals surface area contributed by atoms with Gasteiger partial charge in [0.25, 0.3) is 0 Å². The number of hydrogen-bond acceptors (Lipinski definition) is 5. The first-order chi connectivity index (χ1) is 9.36. The second kappa shape index (κ2) is 5.02. The molecule has 0 aromatic carbocycles. The quantitative estimate of drug-likeness (QED) is 0.816. The first kappa shape index (κ1) is 11.6. The first-order valence-corrected chi connectivity index (χ1v) is 6.29. The number of hydrogen-bond donors (Lipinski definition) is 0. The Hall–Kier alpha value is -2.48. The van der Waals surface area contributed by atoms with Crippen LogP contribution in [0.25, 0.3) is 11.1 Å². The summed E-state index contributed by atoms with van der Waals surface area (Å²) in [6.45, 7) is 2.07. The number of pyridine rings is 1. The maximum atomic E-state index is 8.87. The van der Waals surface area contributed by atoms with Crippen molar-refractivity contribution in [2.45, 2.75) is 12.8 Å². The third-order valence-electron chi connectivity index (χ3n) is 3.23. The summed E-state index contributed by atoms with van der Waals surface area (Å²) < 4.78 is 0. The van der Waals surface area contributed by atoms with Gasteiger partial charge in [0.2, 0.25) is 5.95 Å². The molecule has 0 radical (unpaired) electrons. The molecule has 94 valence electrons. The van der Waals surface area contributed by atoms with Crippen LogP contribution in [0.4, 0.5) is 5.95 Å². The fraction of sp³-hybridized carbons (Fsp3) is 0.286. The summed E-state index contributed by atoms with van der Waals surface area (Å²) in [6.07, 6.45) is 9.26. The summed E-state index contributed by atoms with van der Waals surface area (Å²) in [5.41, 5.74) is 2.29. The van der Waals surface area contributed by atoms with Crippen LogP contribution in [-0.2, 0) is 0 Å². The minimum Gasteiger partial charge on any atom is -0.341 e. The molecular formula is C14H13N5. The van der Waals surface area contributed by atoms with Crippen molar-refractivity contribution >= 4 is 5.95 Å². The van der Waals surface area contributed by atoms with Gasteiger partial charge in [-0.05, 0) is 18.9 Å². The fourth-order valence-corrected chi connectivity index (χ4v) is 2.21. The zero-order valence-corrected chi connectivity index (χ0v) is 10.5. The maximum Gasteiger partial charge on any atom is 0.225 e. The molecule has 1 saturated heterocycles. The maximum absolute atomic E-state index is 8.87. The summed E-state index contributed by atoms with van der Waals surface area (Å²) in [7, 11) is 0. The molecule has 3 heterocycles. The monoisotopic (exact) mass is 251 g/mol. The van der Waals surface area contributed by atoms with Crippen LogP contribution in [0, 0.1) is 11.3 Å². The molecule has 5 heteroatoms. The van der Waals surface area contributed by atoms with Gasteiger partial charge in [-0.1, -0.05) is 0 Å². The van der Waals surface area contributed by atoms with Crippen molar-refractivity contribution in [1.29, 1.82) is 5.26 Å². The lowest BCUT2D eigenvalue weighted by Crippen LogP contribution is -2.20. The highest BCUT2D eigenvalue weighted by Gasteiger charge is 2.14. The number of aromatic nitrogens is 3. The van der Waals surface area contributed by atoms with E-state index in [9.17, 15) is 0 Å². The predicted octanol–water partition coefficient (Wildman–Crippen LogP) is 2.01. The molecule has 0 saturated carbocycles. The van der Waals surface area contributed by atoms with E-state index in [1.807, 2.05) is 0 Å². The molecular weight excluding hydrogens is 238 g/mol. The minimum absolute atomic E-state index is 0.543. The van der Waals surface area contributed by atoms with Crippen molar-refractivity contribution in [2.24, 2.45) is 0 Å². The Kier molecular flexibility index (Phi) is 3.07. The van der Waals surface area contributed by atoms with Crippen LogP contribution in [0.15, 0.2) is 30.9 Å². The van der Waals surface area contributed by atoms with Crippen molar-refractivity contribution in [3.05, 3.63) is 36.4 Å². The number of nitrogens with zero attached hydrogens (tertiary/aromatic N) is 5. The molecule has 0 unspecified atom stereocenters. The van der Waals surface area contributed by atoms with Gasteiger partial charge in [0.05, 0.1) is 5.56 Å². The van der Waals surface area contributed by atoms with Crippen molar-refractivity contribution in [3.8, 4) is 17.2 Å². The van der Waals surface area contributed by atoms with Crippen molar-refractivity contribution < 1.29 is 0 Å². The summed E-state index contributed by atoms with van der Waals surface area (Å²) in [4.78, 5) is 15.0. The zero-order valence-electron chi connectivity index (χ0n) is 10.5. The summed E-state index contributed by atoms with van der Waals surface area (Å²) in [5, 5.41) is 8.87. The average Bonchev–Trinajstić information content (AvgIpc) is 3.02. The van der Waals surface area contributed by atoms with Gasteiger partial charge < -0.3 is 4.90 Å². The predicted molar refractivity (Wildman–Crippen MR) is 71.4 cm³/mol. The van der Waals surface area contributed by atoms with Crippen molar-refractivity contribution in [3.63, 3.8) is 0 Å². The van der Waals surface area contributed by atoms with Crippen LogP contribution >= 0.6 is 0 Å². The Morgan fingerprint density at radius 3 is 2.42 bits per heavy atom. The minimum atomic E-state index is 0.543. The number of anilines is 1. The Morgan fingerprint density at radius 2 is 1.74 bits per heavy atom.